The number of carbonyl (C=O) groups excluding carboxylic acids is 3. The minimum atomic E-state index is -1.52. The van der Waals surface area contributed by atoms with Crippen LogP contribution < -0.4 is 15.5 Å². The number of amides is 3. The van der Waals surface area contributed by atoms with E-state index < -0.39 is 16.6 Å². The number of hydrogen-bond donors (Lipinski definition) is 2. The molecule has 1 aliphatic heterocycles. The van der Waals surface area contributed by atoms with E-state index in [1.807, 2.05) is 49.4 Å². The number of rotatable bonds is 7. The van der Waals surface area contributed by atoms with Gasteiger partial charge in [0.15, 0.2) is 0 Å². The number of ether oxygens (including phenoxy) is 1. The first kappa shape index (κ1) is 26.3. The van der Waals surface area contributed by atoms with Gasteiger partial charge in [0.2, 0.25) is 4.87 Å². The molecule has 0 fully saturated rings. The van der Waals surface area contributed by atoms with Crippen molar-refractivity contribution in [1.29, 1.82) is 0 Å². The zero-order valence-corrected chi connectivity index (χ0v) is 22.2. The predicted octanol–water partition coefficient (Wildman–Crippen LogP) is 6.17. The zero-order chi connectivity index (χ0) is 26.6. The van der Waals surface area contributed by atoms with Gasteiger partial charge in [0.1, 0.15) is 5.60 Å². The maximum absolute atomic E-state index is 14.1. The topological polar surface area (TPSA) is 87.7 Å². The zero-order valence-electron chi connectivity index (χ0n) is 21.4. The van der Waals surface area contributed by atoms with Gasteiger partial charge in [-0.1, -0.05) is 67.2 Å². The maximum Gasteiger partial charge on any atom is 0.409 e. The summed E-state index contributed by atoms with van der Waals surface area (Å²) in [7, 11) is 0. The Bertz CT molecular complexity index is 1310. The molecular formula is C29H31N3O4S. The lowest BCUT2D eigenvalue weighted by Crippen LogP contribution is -2.52. The molecule has 7 nitrogen and oxygen atoms in total. The number of fused-ring (bicyclic) bond motifs is 1. The van der Waals surface area contributed by atoms with Crippen LogP contribution >= 0.6 is 11.8 Å². The van der Waals surface area contributed by atoms with E-state index in [1.54, 1.807) is 62.1 Å². The fraction of sp³-hybridized carbons (Fsp3) is 0.276. The Labute approximate surface area is 221 Å². The molecule has 0 saturated carbocycles. The molecule has 1 aliphatic rings. The third-order valence-electron chi connectivity index (χ3n) is 5.67. The van der Waals surface area contributed by atoms with Crippen LogP contribution in [0.15, 0.2) is 83.8 Å². The summed E-state index contributed by atoms with van der Waals surface area (Å²) in [5.74, 6) is -0.601. The lowest BCUT2D eigenvalue weighted by atomic mass is 10.1. The van der Waals surface area contributed by atoms with Crippen molar-refractivity contribution in [1.82, 2.24) is 5.32 Å². The highest BCUT2D eigenvalue weighted by molar-refractivity contribution is 8.01. The second kappa shape index (κ2) is 10.7. The number of thioether (sulfide) groups is 1. The summed E-state index contributed by atoms with van der Waals surface area (Å²) in [5, 5.41) is 5.79. The Balaban J connectivity index is 1.78. The summed E-state index contributed by atoms with van der Waals surface area (Å²) in [6.07, 6.45) is 0.0243. The van der Waals surface area contributed by atoms with Crippen LogP contribution in [0, 0.1) is 0 Å². The Hall–Kier alpha value is -3.78. The number of nitrogens with zero attached hydrogens (tertiary/aromatic N) is 1. The number of benzene rings is 3. The quantitative estimate of drug-likeness (QED) is 0.366. The van der Waals surface area contributed by atoms with Crippen molar-refractivity contribution < 1.29 is 19.1 Å². The van der Waals surface area contributed by atoms with E-state index in [9.17, 15) is 14.4 Å². The SMILES string of the molecule is CCCN1C(=O)C(NC(=O)OC(C)(C)C)(Sc2ccccc2C(=O)Nc2ccccc2)c2ccccc21. The van der Waals surface area contributed by atoms with E-state index in [4.69, 9.17) is 4.74 Å². The number of alkyl carbamates (subject to hydrolysis) is 1. The first-order valence-corrected chi connectivity index (χ1v) is 13.0. The summed E-state index contributed by atoms with van der Waals surface area (Å²) < 4.78 is 5.56. The van der Waals surface area contributed by atoms with E-state index >= 15 is 0 Å². The highest BCUT2D eigenvalue weighted by atomic mass is 32.2. The fourth-order valence-corrected chi connectivity index (χ4v) is 5.55. The summed E-state index contributed by atoms with van der Waals surface area (Å²) in [4.78, 5) is 41.2. The lowest BCUT2D eigenvalue weighted by Gasteiger charge is -2.31. The van der Waals surface area contributed by atoms with Crippen LogP contribution in [-0.4, -0.2) is 30.1 Å². The molecule has 0 radical (unpaired) electrons. The Morgan fingerprint density at radius 1 is 0.946 bits per heavy atom. The molecule has 1 atom stereocenters. The van der Waals surface area contributed by atoms with Gasteiger partial charge in [-0.25, -0.2) is 4.79 Å². The molecule has 0 aliphatic carbocycles. The summed E-state index contributed by atoms with van der Waals surface area (Å²) in [6.45, 7) is 7.79. The van der Waals surface area contributed by atoms with Crippen molar-refractivity contribution >= 4 is 41.0 Å². The van der Waals surface area contributed by atoms with Gasteiger partial charge in [0, 0.05) is 22.7 Å². The van der Waals surface area contributed by atoms with Crippen molar-refractivity contribution in [3.63, 3.8) is 0 Å². The van der Waals surface area contributed by atoms with Gasteiger partial charge in [-0.15, -0.1) is 0 Å². The van der Waals surface area contributed by atoms with Gasteiger partial charge < -0.3 is 15.0 Å². The highest BCUT2D eigenvalue weighted by Gasteiger charge is 2.53. The molecule has 1 unspecified atom stereocenters. The van der Waals surface area contributed by atoms with E-state index in [0.717, 1.165) is 23.9 Å². The number of nitrogens with one attached hydrogen (secondary N) is 2. The third-order valence-corrected chi connectivity index (χ3v) is 7.05. The van der Waals surface area contributed by atoms with Gasteiger partial charge in [0.05, 0.1) is 11.3 Å². The highest BCUT2D eigenvalue weighted by Crippen LogP contribution is 2.50. The van der Waals surface area contributed by atoms with Gasteiger partial charge >= 0.3 is 6.09 Å². The van der Waals surface area contributed by atoms with Crippen LogP contribution in [-0.2, 0) is 14.4 Å². The Morgan fingerprint density at radius 2 is 1.59 bits per heavy atom. The van der Waals surface area contributed by atoms with Crippen molar-refractivity contribution in [2.75, 3.05) is 16.8 Å². The molecule has 3 aromatic carbocycles. The standard InChI is InChI=1S/C29H31N3O4S/c1-5-19-32-23-17-11-10-16-22(23)29(26(32)34,31-27(35)36-28(2,3)4)37-24-18-12-9-15-21(24)25(33)30-20-13-7-6-8-14-20/h6-18H,5,19H2,1-4H3,(H,30,33)(H,31,35). The lowest BCUT2D eigenvalue weighted by molar-refractivity contribution is -0.121. The molecule has 0 aromatic heterocycles. The normalized spacial score (nSPS) is 16.8. The second-order valence-corrected chi connectivity index (χ2v) is 11.0. The molecule has 3 amide bonds. The largest absolute Gasteiger partial charge is 0.444 e. The number of carbonyl (C=O) groups is 3. The van der Waals surface area contributed by atoms with E-state index in [2.05, 4.69) is 10.6 Å². The van der Waals surface area contributed by atoms with E-state index in [1.165, 1.54) is 0 Å². The Morgan fingerprint density at radius 3 is 2.30 bits per heavy atom. The molecule has 2 N–H and O–H groups in total. The minimum absolute atomic E-state index is 0.287. The molecule has 8 heteroatoms. The average molecular weight is 518 g/mol. The van der Waals surface area contributed by atoms with Crippen LogP contribution in [0.5, 0.6) is 0 Å². The molecule has 1 heterocycles. The number of para-hydroxylation sites is 2. The van der Waals surface area contributed by atoms with E-state index in [0.29, 0.717) is 28.3 Å². The summed E-state index contributed by atoms with van der Waals surface area (Å²) in [6, 6.07) is 23.6. The monoisotopic (exact) mass is 517 g/mol. The van der Waals surface area contributed by atoms with Crippen LogP contribution in [0.4, 0.5) is 16.2 Å². The molecular weight excluding hydrogens is 486 g/mol. The smallest absolute Gasteiger partial charge is 0.409 e. The van der Waals surface area contributed by atoms with Gasteiger partial charge in [0.25, 0.3) is 11.8 Å². The Kier molecular flexibility index (Phi) is 7.59. The van der Waals surface area contributed by atoms with Crippen molar-refractivity contribution in [3.05, 3.63) is 90.0 Å². The first-order valence-electron chi connectivity index (χ1n) is 12.2. The predicted molar refractivity (Wildman–Crippen MR) is 147 cm³/mol. The van der Waals surface area contributed by atoms with Crippen LogP contribution in [0.3, 0.4) is 0 Å². The summed E-state index contributed by atoms with van der Waals surface area (Å²) in [5.41, 5.74) is 1.66. The van der Waals surface area contributed by atoms with Crippen LogP contribution in [0.25, 0.3) is 0 Å². The average Bonchev–Trinajstić information content (AvgIpc) is 3.07. The second-order valence-electron chi connectivity index (χ2n) is 9.70. The van der Waals surface area contributed by atoms with Gasteiger partial charge in [-0.05, 0) is 57.5 Å². The maximum atomic E-state index is 14.1. The number of hydrogen-bond acceptors (Lipinski definition) is 5. The first-order chi connectivity index (χ1) is 17.6. The molecule has 0 saturated heterocycles. The fourth-order valence-electron chi connectivity index (χ4n) is 4.19. The molecule has 3 aromatic rings. The van der Waals surface area contributed by atoms with Gasteiger partial charge in [-0.3, -0.25) is 14.9 Å². The molecule has 192 valence electrons. The molecule has 0 bridgehead atoms. The van der Waals surface area contributed by atoms with Crippen LogP contribution in [0.2, 0.25) is 0 Å². The molecule has 37 heavy (non-hydrogen) atoms. The van der Waals surface area contributed by atoms with Crippen molar-refractivity contribution in [2.45, 2.75) is 49.5 Å². The summed E-state index contributed by atoms with van der Waals surface area (Å²) >= 11 is 1.13. The van der Waals surface area contributed by atoms with Gasteiger partial charge in [-0.2, -0.15) is 0 Å². The number of anilines is 2. The third kappa shape index (κ3) is 5.64. The molecule has 4 rings (SSSR count). The van der Waals surface area contributed by atoms with E-state index in [-0.39, 0.29) is 11.8 Å². The molecule has 0 spiro atoms. The minimum Gasteiger partial charge on any atom is -0.444 e. The van der Waals surface area contributed by atoms with Crippen molar-refractivity contribution in [2.24, 2.45) is 0 Å². The van der Waals surface area contributed by atoms with Crippen LogP contribution in [0.1, 0.15) is 50.0 Å². The van der Waals surface area contributed by atoms with Crippen molar-refractivity contribution in [3.8, 4) is 0 Å².